The molecular formula is C12H17ClN4. The van der Waals surface area contributed by atoms with Crippen LogP contribution in [0.5, 0.6) is 0 Å². The van der Waals surface area contributed by atoms with Gasteiger partial charge >= 0.3 is 0 Å². The van der Waals surface area contributed by atoms with Gasteiger partial charge in [0, 0.05) is 11.0 Å². The topological polar surface area (TPSA) is 43.1 Å². The third-order valence-electron chi connectivity index (χ3n) is 3.53. The molecule has 0 aliphatic rings. The molecule has 17 heavy (non-hydrogen) atoms. The van der Waals surface area contributed by atoms with Crippen LogP contribution in [0.15, 0.2) is 0 Å². The van der Waals surface area contributed by atoms with Crippen LogP contribution in [0.25, 0.3) is 5.65 Å². The molecule has 2 aromatic rings. The number of halogens is 1. The molecule has 2 aromatic heterocycles. The van der Waals surface area contributed by atoms with Crippen LogP contribution in [-0.4, -0.2) is 19.8 Å². The monoisotopic (exact) mass is 252 g/mol. The van der Waals surface area contributed by atoms with E-state index in [4.69, 9.17) is 11.6 Å². The zero-order valence-corrected chi connectivity index (χ0v) is 11.6. The first-order valence-corrected chi connectivity index (χ1v) is 6.15. The number of aryl methyl sites for hydroxylation is 1. The number of aromatic nitrogens is 4. The highest BCUT2D eigenvalue weighted by atomic mass is 35.5. The molecule has 2 heterocycles. The first kappa shape index (κ1) is 12.3. The number of rotatable bonds is 2. The van der Waals surface area contributed by atoms with Crippen LogP contribution in [-0.2, 0) is 5.41 Å². The van der Waals surface area contributed by atoms with Crippen LogP contribution in [0.1, 0.15) is 44.1 Å². The molecule has 5 heteroatoms. The average molecular weight is 253 g/mol. The van der Waals surface area contributed by atoms with E-state index in [1.807, 2.05) is 13.8 Å². The molecule has 0 amide bonds. The first-order valence-electron chi connectivity index (χ1n) is 5.77. The van der Waals surface area contributed by atoms with Crippen molar-refractivity contribution in [3.8, 4) is 0 Å². The Morgan fingerprint density at radius 2 is 1.82 bits per heavy atom. The standard InChI is InChI=1S/C12H17ClN4/c1-6-12(4,5)11-15-14-10-8(3)7(2)9(13)16-17(10)11/h6H2,1-5H3. The minimum Gasteiger partial charge on any atom is -0.195 e. The van der Waals surface area contributed by atoms with E-state index in [0.29, 0.717) is 5.15 Å². The van der Waals surface area contributed by atoms with E-state index >= 15 is 0 Å². The molecule has 0 unspecified atom stereocenters. The molecule has 4 nitrogen and oxygen atoms in total. The second-order valence-electron chi connectivity index (χ2n) is 5.04. The van der Waals surface area contributed by atoms with Crippen molar-refractivity contribution in [2.45, 2.75) is 46.5 Å². The largest absolute Gasteiger partial charge is 0.195 e. The van der Waals surface area contributed by atoms with E-state index in [1.165, 1.54) is 0 Å². The van der Waals surface area contributed by atoms with E-state index in [2.05, 4.69) is 36.1 Å². The molecule has 0 spiro atoms. The van der Waals surface area contributed by atoms with Gasteiger partial charge in [-0.05, 0) is 25.8 Å². The van der Waals surface area contributed by atoms with Gasteiger partial charge in [-0.3, -0.25) is 0 Å². The van der Waals surface area contributed by atoms with Gasteiger partial charge in [0.1, 0.15) is 0 Å². The van der Waals surface area contributed by atoms with Gasteiger partial charge in [0.25, 0.3) is 0 Å². The van der Waals surface area contributed by atoms with Crippen LogP contribution in [0.3, 0.4) is 0 Å². The summed E-state index contributed by atoms with van der Waals surface area (Å²) in [7, 11) is 0. The van der Waals surface area contributed by atoms with Crippen molar-refractivity contribution in [1.82, 2.24) is 19.8 Å². The minimum atomic E-state index is -0.0581. The Morgan fingerprint density at radius 3 is 2.41 bits per heavy atom. The Morgan fingerprint density at radius 1 is 1.18 bits per heavy atom. The van der Waals surface area contributed by atoms with Gasteiger partial charge in [-0.2, -0.15) is 9.61 Å². The Labute approximate surface area is 106 Å². The van der Waals surface area contributed by atoms with Crippen LogP contribution >= 0.6 is 11.6 Å². The molecule has 0 fully saturated rings. The van der Waals surface area contributed by atoms with Crippen molar-refractivity contribution < 1.29 is 0 Å². The molecule has 0 aliphatic heterocycles. The zero-order chi connectivity index (χ0) is 12.8. The highest BCUT2D eigenvalue weighted by Gasteiger charge is 2.26. The van der Waals surface area contributed by atoms with Crippen molar-refractivity contribution in [3.63, 3.8) is 0 Å². The fourth-order valence-electron chi connectivity index (χ4n) is 1.67. The lowest BCUT2D eigenvalue weighted by Crippen LogP contribution is -2.20. The Hall–Kier alpha value is -1.16. The quantitative estimate of drug-likeness (QED) is 0.825. The lowest BCUT2D eigenvalue weighted by molar-refractivity contribution is 0.460. The van der Waals surface area contributed by atoms with Gasteiger partial charge in [-0.25, -0.2) is 0 Å². The second-order valence-corrected chi connectivity index (χ2v) is 5.40. The summed E-state index contributed by atoms with van der Waals surface area (Å²) in [6.07, 6.45) is 0.972. The van der Waals surface area contributed by atoms with E-state index in [0.717, 1.165) is 29.0 Å². The summed E-state index contributed by atoms with van der Waals surface area (Å²) in [5, 5.41) is 13.4. The predicted molar refractivity (Wildman–Crippen MR) is 68.6 cm³/mol. The normalized spacial score (nSPS) is 12.4. The fraction of sp³-hybridized carbons (Fsp3) is 0.583. The second kappa shape index (κ2) is 3.95. The van der Waals surface area contributed by atoms with Crippen molar-refractivity contribution in [3.05, 3.63) is 22.1 Å². The highest BCUT2D eigenvalue weighted by molar-refractivity contribution is 6.30. The van der Waals surface area contributed by atoms with Crippen LogP contribution in [0.4, 0.5) is 0 Å². The predicted octanol–water partition coefficient (Wildman–Crippen LogP) is 3.08. The molecule has 0 bridgehead atoms. The van der Waals surface area contributed by atoms with Crippen LogP contribution < -0.4 is 0 Å². The van der Waals surface area contributed by atoms with Crippen LogP contribution in [0, 0.1) is 13.8 Å². The summed E-state index contributed by atoms with van der Waals surface area (Å²) in [6, 6.07) is 0. The van der Waals surface area contributed by atoms with E-state index in [1.54, 1.807) is 4.52 Å². The maximum absolute atomic E-state index is 6.13. The SMILES string of the molecule is CCC(C)(C)c1nnc2c(C)c(C)c(Cl)nn12. The molecule has 92 valence electrons. The third-order valence-corrected chi connectivity index (χ3v) is 3.88. The molecule has 0 saturated carbocycles. The smallest absolute Gasteiger partial charge is 0.181 e. The molecule has 0 atom stereocenters. The highest BCUT2D eigenvalue weighted by Crippen LogP contribution is 2.27. The Kier molecular flexibility index (Phi) is 2.86. The van der Waals surface area contributed by atoms with Crippen molar-refractivity contribution in [1.29, 1.82) is 0 Å². The summed E-state index contributed by atoms with van der Waals surface area (Å²) in [6.45, 7) is 10.3. The lowest BCUT2D eigenvalue weighted by atomic mass is 9.89. The van der Waals surface area contributed by atoms with Gasteiger partial charge in [-0.15, -0.1) is 10.2 Å². The molecule has 0 aromatic carbocycles. The summed E-state index contributed by atoms with van der Waals surface area (Å²) in [5.41, 5.74) is 2.74. The van der Waals surface area contributed by atoms with Gasteiger partial charge in [-0.1, -0.05) is 32.4 Å². The van der Waals surface area contributed by atoms with Crippen molar-refractivity contribution in [2.24, 2.45) is 0 Å². The van der Waals surface area contributed by atoms with Crippen molar-refractivity contribution >= 4 is 17.2 Å². The van der Waals surface area contributed by atoms with E-state index < -0.39 is 0 Å². The van der Waals surface area contributed by atoms with E-state index in [-0.39, 0.29) is 5.41 Å². The van der Waals surface area contributed by atoms with Gasteiger partial charge < -0.3 is 0 Å². The molecule has 0 radical (unpaired) electrons. The maximum Gasteiger partial charge on any atom is 0.181 e. The summed E-state index contributed by atoms with van der Waals surface area (Å²) in [5.74, 6) is 0.861. The van der Waals surface area contributed by atoms with Crippen LogP contribution in [0.2, 0.25) is 5.15 Å². The average Bonchev–Trinajstić information content (AvgIpc) is 2.70. The maximum atomic E-state index is 6.13. The number of fused-ring (bicyclic) bond motifs is 1. The molecule has 0 saturated heterocycles. The van der Waals surface area contributed by atoms with Crippen molar-refractivity contribution in [2.75, 3.05) is 0 Å². The third kappa shape index (κ3) is 1.80. The minimum absolute atomic E-state index is 0.0581. The number of hydrogen-bond acceptors (Lipinski definition) is 3. The molecule has 0 N–H and O–H groups in total. The first-order chi connectivity index (χ1) is 7.88. The summed E-state index contributed by atoms with van der Waals surface area (Å²) in [4.78, 5) is 0. The molecule has 2 rings (SSSR count). The summed E-state index contributed by atoms with van der Waals surface area (Å²) < 4.78 is 1.77. The van der Waals surface area contributed by atoms with Gasteiger partial charge in [0.2, 0.25) is 0 Å². The zero-order valence-electron chi connectivity index (χ0n) is 10.9. The number of hydrogen-bond donors (Lipinski definition) is 0. The van der Waals surface area contributed by atoms with E-state index in [9.17, 15) is 0 Å². The fourth-order valence-corrected chi connectivity index (χ4v) is 1.89. The molecular weight excluding hydrogens is 236 g/mol. The van der Waals surface area contributed by atoms with Gasteiger partial charge in [0.15, 0.2) is 16.6 Å². The number of nitrogens with zero attached hydrogens (tertiary/aromatic N) is 4. The molecule has 0 aliphatic carbocycles. The lowest BCUT2D eigenvalue weighted by Gasteiger charge is -2.19. The van der Waals surface area contributed by atoms with Gasteiger partial charge in [0.05, 0.1) is 0 Å². The Bertz CT molecular complexity index is 571. The Balaban J connectivity index is 2.79. The summed E-state index contributed by atoms with van der Waals surface area (Å²) >= 11 is 6.13.